The van der Waals surface area contributed by atoms with Crippen LogP contribution in [0.25, 0.3) is 12.2 Å². The number of ether oxygens (including phenoxy) is 1. The lowest BCUT2D eigenvalue weighted by molar-refractivity contribution is -0.121. The highest BCUT2D eigenvalue weighted by molar-refractivity contribution is 8.26. The van der Waals surface area contributed by atoms with Crippen molar-refractivity contribution in [2.45, 2.75) is 32.7 Å². The first-order chi connectivity index (χ1) is 15.1. The van der Waals surface area contributed by atoms with Crippen molar-refractivity contribution >= 4 is 58.0 Å². The number of thioether (sulfide) groups is 1. The molecule has 1 N–H and O–H groups in total. The molecule has 32 heavy (non-hydrogen) atoms. The van der Waals surface area contributed by atoms with Crippen LogP contribution in [0.3, 0.4) is 0 Å². The number of carbonyl (C=O) groups excluding carboxylic acids is 2. The third-order valence-corrected chi connectivity index (χ3v) is 6.49. The number of nitrogens with one attached hydrogen (secondary N) is 1. The van der Waals surface area contributed by atoms with Crippen LogP contribution in [0.4, 0.5) is 5.69 Å². The van der Waals surface area contributed by atoms with Crippen LogP contribution in [0.1, 0.15) is 43.0 Å². The molecular formula is C25H24N2O3S2. The van der Waals surface area contributed by atoms with Crippen LogP contribution in [0.15, 0.2) is 47.9 Å². The standard InChI is InChI=1S/C25H24N2O3S2/c1-5-15-8-17(10-18(9-15)25(2,3)4)13-27-19-11-16(6-7-20(19)30-14-22(27)28)12-21-23(29)26-24(31)32-21/h5-12H,1,13-14H2,2-4H3,(H,26,29,31). The molecule has 0 aromatic heterocycles. The van der Waals surface area contributed by atoms with E-state index in [1.807, 2.05) is 24.3 Å². The molecule has 2 heterocycles. The summed E-state index contributed by atoms with van der Waals surface area (Å²) in [7, 11) is 0. The molecular weight excluding hydrogens is 440 g/mol. The van der Waals surface area contributed by atoms with Crippen LogP contribution in [0, 0.1) is 0 Å². The number of rotatable bonds is 4. The Morgan fingerprint density at radius 2 is 1.97 bits per heavy atom. The first-order valence-corrected chi connectivity index (χ1v) is 11.5. The number of hydrogen-bond acceptors (Lipinski definition) is 5. The molecule has 0 unspecified atom stereocenters. The van der Waals surface area contributed by atoms with Gasteiger partial charge in [0.2, 0.25) is 0 Å². The number of anilines is 1. The third kappa shape index (κ3) is 4.64. The maximum absolute atomic E-state index is 12.8. The van der Waals surface area contributed by atoms with Crippen molar-refractivity contribution in [3.63, 3.8) is 0 Å². The molecule has 2 aromatic rings. The average Bonchev–Trinajstić information content (AvgIpc) is 3.06. The summed E-state index contributed by atoms with van der Waals surface area (Å²) in [5.74, 6) is 0.317. The zero-order chi connectivity index (χ0) is 23.0. The summed E-state index contributed by atoms with van der Waals surface area (Å²) in [6.07, 6.45) is 3.60. The van der Waals surface area contributed by atoms with Gasteiger partial charge in [-0.15, -0.1) is 0 Å². The molecule has 4 rings (SSSR count). The van der Waals surface area contributed by atoms with Crippen molar-refractivity contribution in [3.8, 4) is 5.75 Å². The first-order valence-electron chi connectivity index (χ1n) is 10.2. The summed E-state index contributed by atoms with van der Waals surface area (Å²) in [4.78, 5) is 27.1. The Balaban J connectivity index is 1.71. The van der Waals surface area contributed by atoms with Gasteiger partial charge in [-0.3, -0.25) is 9.59 Å². The van der Waals surface area contributed by atoms with E-state index in [-0.39, 0.29) is 23.8 Å². The molecule has 2 aliphatic rings. The lowest BCUT2D eigenvalue weighted by Crippen LogP contribution is -2.38. The van der Waals surface area contributed by atoms with Crippen molar-refractivity contribution in [1.82, 2.24) is 5.32 Å². The Morgan fingerprint density at radius 1 is 1.19 bits per heavy atom. The molecule has 1 fully saturated rings. The maximum atomic E-state index is 12.8. The minimum Gasteiger partial charge on any atom is -0.482 e. The molecule has 2 amide bonds. The van der Waals surface area contributed by atoms with Crippen molar-refractivity contribution in [3.05, 3.63) is 70.1 Å². The Hall–Kier alpha value is -2.90. The second kappa shape index (κ2) is 8.56. The molecule has 164 valence electrons. The minimum absolute atomic E-state index is 0.00671. The molecule has 2 aromatic carbocycles. The fraction of sp³-hybridized carbons (Fsp3) is 0.240. The fourth-order valence-corrected chi connectivity index (χ4v) is 4.64. The number of hydrogen-bond donors (Lipinski definition) is 1. The normalized spacial score (nSPS) is 17.3. The van der Waals surface area contributed by atoms with Gasteiger partial charge in [-0.2, -0.15) is 0 Å². The summed E-state index contributed by atoms with van der Waals surface area (Å²) in [5.41, 5.74) is 4.68. The average molecular weight is 465 g/mol. The van der Waals surface area contributed by atoms with Gasteiger partial charge in [0.15, 0.2) is 6.61 Å². The number of nitrogens with zero attached hydrogens (tertiary/aromatic N) is 1. The van der Waals surface area contributed by atoms with E-state index in [9.17, 15) is 9.59 Å². The summed E-state index contributed by atoms with van der Waals surface area (Å²) in [6.45, 7) is 10.8. The minimum atomic E-state index is -0.210. The Bertz CT molecular complexity index is 1180. The van der Waals surface area contributed by atoms with E-state index in [0.717, 1.165) is 16.7 Å². The van der Waals surface area contributed by atoms with E-state index in [1.165, 1.54) is 17.3 Å². The van der Waals surface area contributed by atoms with E-state index in [0.29, 0.717) is 27.2 Å². The van der Waals surface area contributed by atoms with Crippen LogP contribution in [-0.4, -0.2) is 22.7 Å². The zero-order valence-corrected chi connectivity index (χ0v) is 19.9. The number of amides is 2. The predicted molar refractivity (Wildman–Crippen MR) is 135 cm³/mol. The lowest BCUT2D eigenvalue weighted by Gasteiger charge is -2.30. The van der Waals surface area contributed by atoms with Gasteiger partial charge in [0, 0.05) is 0 Å². The van der Waals surface area contributed by atoms with Gasteiger partial charge in [-0.1, -0.05) is 75.6 Å². The highest BCUT2D eigenvalue weighted by Crippen LogP contribution is 2.36. The second-order valence-electron chi connectivity index (χ2n) is 8.77. The number of thiocarbonyl (C=S) groups is 1. The monoisotopic (exact) mass is 464 g/mol. The Labute approximate surface area is 197 Å². The van der Waals surface area contributed by atoms with Crippen molar-refractivity contribution in [2.24, 2.45) is 0 Å². The Kier molecular flexibility index (Phi) is 5.97. The van der Waals surface area contributed by atoms with Crippen LogP contribution in [0.2, 0.25) is 0 Å². The molecule has 0 aliphatic carbocycles. The summed E-state index contributed by atoms with van der Waals surface area (Å²) in [6, 6.07) is 11.9. The van der Waals surface area contributed by atoms with Gasteiger partial charge >= 0.3 is 0 Å². The van der Waals surface area contributed by atoms with Crippen LogP contribution >= 0.6 is 24.0 Å². The number of benzene rings is 2. The zero-order valence-electron chi connectivity index (χ0n) is 18.2. The number of fused-ring (bicyclic) bond motifs is 1. The van der Waals surface area contributed by atoms with Gasteiger partial charge in [0.25, 0.3) is 11.8 Å². The van der Waals surface area contributed by atoms with E-state index in [2.05, 4.69) is 50.9 Å². The van der Waals surface area contributed by atoms with Gasteiger partial charge < -0.3 is 15.0 Å². The quantitative estimate of drug-likeness (QED) is 0.507. The fourth-order valence-electron chi connectivity index (χ4n) is 3.60. The Morgan fingerprint density at radius 3 is 2.62 bits per heavy atom. The van der Waals surface area contributed by atoms with E-state index in [4.69, 9.17) is 17.0 Å². The predicted octanol–water partition coefficient (Wildman–Crippen LogP) is 5.04. The second-order valence-corrected chi connectivity index (χ2v) is 10.5. The SMILES string of the molecule is C=Cc1cc(CN2C(=O)COc3ccc(C=C4SC(=S)NC4=O)cc32)cc(C(C)(C)C)c1. The van der Waals surface area contributed by atoms with Gasteiger partial charge in [-0.05, 0) is 51.9 Å². The van der Waals surface area contributed by atoms with Crippen LogP contribution in [0.5, 0.6) is 5.75 Å². The lowest BCUT2D eigenvalue weighted by atomic mass is 9.85. The van der Waals surface area contributed by atoms with Crippen molar-refractivity contribution in [2.75, 3.05) is 11.5 Å². The van der Waals surface area contributed by atoms with E-state index >= 15 is 0 Å². The molecule has 0 spiro atoms. The highest BCUT2D eigenvalue weighted by atomic mass is 32.2. The largest absolute Gasteiger partial charge is 0.482 e. The van der Waals surface area contributed by atoms with Crippen molar-refractivity contribution in [1.29, 1.82) is 0 Å². The molecule has 0 radical (unpaired) electrons. The maximum Gasteiger partial charge on any atom is 0.265 e. The first kappa shape index (κ1) is 22.3. The van der Waals surface area contributed by atoms with Gasteiger partial charge in [0.05, 0.1) is 17.1 Å². The third-order valence-electron chi connectivity index (χ3n) is 5.32. The smallest absolute Gasteiger partial charge is 0.265 e. The van der Waals surface area contributed by atoms with E-state index < -0.39 is 0 Å². The summed E-state index contributed by atoms with van der Waals surface area (Å²) < 4.78 is 6.10. The molecule has 0 saturated carbocycles. The molecule has 0 atom stereocenters. The van der Waals surface area contributed by atoms with E-state index in [1.54, 1.807) is 11.0 Å². The van der Waals surface area contributed by atoms with Gasteiger partial charge in [-0.25, -0.2) is 0 Å². The van der Waals surface area contributed by atoms with Crippen LogP contribution in [-0.2, 0) is 21.5 Å². The topological polar surface area (TPSA) is 58.6 Å². The molecule has 2 aliphatic heterocycles. The molecule has 0 bridgehead atoms. The summed E-state index contributed by atoms with van der Waals surface area (Å²) >= 11 is 6.29. The number of carbonyl (C=O) groups is 2. The van der Waals surface area contributed by atoms with Gasteiger partial charge in [0.1, 0.15) is 10.1 Å². The summed E-state index contributed by atoms with van der Waals surface area (Å²) in [5, 5.41) is 2.62. The van der Waals surface area contributed by atoms with Crippen LogP contribution < -0.4 is 15.0 Å². The van der Waals surface area contributed by atoms with Crippen molar-refractivity contribution < 1.29 is 14.3 Å². The molecule has 1 saturated heterocycles. The molecule has 7 heteroatoms. The molecule has 5 nitrogen and oxygen atoms in total. The highest BCUT2D eigenvalue weighted by Gasteiger charge is 2.27.